The molecule has 0 heterocycles. The van der Waals surface area contributed by atoms with E-state index in [1.54, 1.807) is 7.11 Å². The Hall–Kier alpha value is -2.61. The molecule has 23 heavy (non-hydrogen) atoms. The lowest BCUT2D eigenvalue weighted by atomic mass is 9.86. The second kappa shape index (κ2) is 6.25. The van der Waals surface area contributed by atoms with Gasteiger partial charge in [-0.1, -0.05) is 50.2 Å². The molecule has 0 fully saturated rings. The third kappa shape index (κ3) is 2.72. The Balaban J connectivity index is 2.41. The molecule has 0 saturated carbocycles. The molecule has 116 valence electrons. The summed E-state index contributed by atoms with van der Waals surface area (Å²) in [4.78, 5) is 11.9. The van der Waals surface area contributed by atoms with Crippen molar-refractivity contribution in [2.24, 2.45) is 0 Å². The summed E-state index contributed by atoms with van der Waals surface area (Å²) in [6, 6.07) is 18.2. The molecular weight excluding hydrogens is 284 g/mol. The Morgan fingerprint density at radius 2 is 1.74 bits per heavy atom. The molecule has 2 heteroatoms. The molecular formula is C21H20O2. The minimum Gasteiger partial charge on any atom is -0.497 e. The summed E-state index contributed by atoms with van der Waals surface area (Å²) in [6.45, 7) is 4.31. The fraction of sp³-hybridized carbons (Fsp3) is 0.190. The lowest BCUT2D eigenvalue weighted by Crippen LogP contribution is -1.99. The second-order valence-corrected chi connectivity index (χ2v) is 5.98. The SMILES string of the molecule is COc1ccc2c(C=O)c(-c3ccccc3)c(C(C)C)cc2c1. The van der Waals surface area contributed by atoms with Gasteiger partial charge in [0, 0.05) is 5.56 Å². The molecule has 0 aliphatic rings. The first-order chi connectivity index (χ1) is 11.2. The summed E-state index contributed by atoms with van der Waals surface area (Å²) in [5.41, 5.74) is 4.04. The molecule has 0 aromatic heterocycles. The Bertz CT molecular complexity index is 849. The Labute approximate surface area is 136 Å². The molecule has 0 aliphatic heterocycles. The fourth-order valence-corrected chi connectivity index (χ4v) is 3.07. The predicted molar refractivity (Wildman–Crippen MR) is 95.4 cm³/mol. The number of methoxy groups -OCH3 is 1. The van der Waals surface area contributed by atoms with Crippen molar-refractivity contribution >= 4 is 17.1 Å². The van der Waals surface area contributed by atoms with Crippen LogP contribution in [0.25, 0.3) is 21.9 Å². The van der Waals surface area contributed by atoms with Gasteiger partial charge in [0.15, 0.2) is 6.29 Å². The van der Waals surface area contributed by atoms with Crippen LogP contribution in [0, 0.1) is 0 Å². The number of fused-ring (bicyclic) bond motifs is 1. The van der Waals surface area contributed by atoms with E-state index in [-0.39, 0.29) is 0 Å². The highest BCUT2D eigenvalue weighted by Gasteiger charge is 2.17. The summed E-state index contributed by atoms with van der Waals surface area (Å²) in [6.07, 6.45) is 0.975. The second-order valence-electron chi connectivity index (χ2n) is 5.98. The number of ether oxygens (including phenoxy) is 1. The molecule has 2 nitrogen and oxygen atoms in total. The van der Waals surface area contributed by atoms with Crippen LogP contribution in [0.2, 0.25) is 0 Å². The third-order valence-electron chi connectivity index (χ3n) is 4.22. The summed E-state index contributed by atoms with van der Waals surface area (Å²) >= 11 is 0. The minimum atomic E-state index is 0.319. The molecule has 0 bridgehead atoms. The maximum atomic E-state index is 11.9. The molecule has 0 spiro atoms. The average Bonchev–Trinajstić information content (AvgIpc) is 2.60. The number of rotatable bonds is 4. The number of hydrogen-bond donors (Lipinski definition) is 0. The van der Waals surface area contributed by atoms with E-state index in [2.05, 4.69) is 32.0 Å². The van der Waals surface area contributed by atoms with E-state index in [0.717, 1.165) is 39.5 Å². The summed E-state index contributed by atoms with van der Waals surface area (Å²) in [5.74, 6) is 1.12. The maximum absolute atomic E-state index is 11.9. The molecule has 0 amide bonds. The monoisotopic (exact) mass is 304 g/mol. The minimum absolute atomic E-state index is 0.319. The van der Waals surface area contributed by atoms with Gasteiger partial charge in [-0.15, -0.1) is 0 Å². The zero-order valence-corrected chi connectivity index (χ0v) is 13.7. The molecule has 0 saturated heterocycles. The topological polar surface area (TPSA) is 26.3 Å². The molecule has 3 aromatic rings. The zero-order chi connectivity index (χ0) is 16.4. The van der Waals surface area contributed by atoms with E-state index in [9.17, 15) is 4.79 Å². The van der Waals surface area contributed by atoms with Crippen LogP contribution < -0.4 is 4.74 Å². The number of carbonyl (C=O) groups is 1. The number of hydrogen-bond acceptors (Lipinski definition) is 2. The van der Waals surface area contributed by atoms with Crippen molar-refractivity contribution in [3.8, 4) is 16.9 Å². The van der Waals surface area contributed by atoms with Gasteiger partial charge < -0.3 is 4.74 Å². The van der Waals surface area contributed by atoms with Gasteiger partial charge in [-0.25, -0.2) is 0 Å². The Morgan fingerprint density at radius 3 is 2.35 bits per heavy atom. The van der Waals surface area contributed by atoms with Crippen LogP contribution in [-0.2, 0) is 0 Å². The molecule has 0 unspecified atom stereocenters. The van der Waals surface area contributed by atoms with Crippen LogP contribution in [-0.4, -0.2) is 13.4 Å². The number of aldehydes is 1. The summed E-state index contributed by atoms with van der Waals surface area (Å²) < 4.78 is 5.32. The van der Waals surface area contributed by atoms with Crippen LogP contribution in [0.4, 0.5) is 0 Å². The standard InChI is InChI=1S/C21H20O2/c1-14(2)19-12-16-11-17(23-3)9-10-18(16)20(13-22)21(19)15-7-5-4-6-8-15/h4-14H,1-3H3. The molecule has 0 N–H and O–H groups in total. The number of carbonyl (C=O) groups excluding carboxylic acids is 1. The first-order valence-electron chi connectivity index (χ1n) is 7.81. The van der Waals surface area contributed by atoms with Crippen LogP contribution in [0.5, 0.6) is 5.75 Å². The molecule has 0 atom stereocenters. The van der Waals surface area contributed by atoms with E-state index in [4.69, 9.17) is 4.74 Å². The van der Waals surface area contributed by atoms with Crippen LogP contribution in [0.3, 0.4) is 0 Å². The lowest BCUT2D eigenvalue weighted by molar-refractivity contribution is 0.112. The van der Waals surface area contributed by atoms with Gasteiger partial charge in [-0.2, -0.15) is 0 Å². The number of benzene rings is 3. The van der Waals surface area contributed by atoms with Gasteiger partial charge in [0.25, 0.3) is 0 Å². The van der Waals surface area contributed by atoms with Crippen molar-refractivity contribution in [3.63, 3.8) is 0 Å². The van der Waals surface area contributed by atoms with Crippen molar-refractivity contribution in [2.45, 2.75) is 19.8 Å². The van der Waals surface area contributed by atoms with Crippen molar-refractivity contribution < 1.29 is 9.53 Å². The highest BCUT2D eigenvalue weighted by Crippen LogP contribution is 2.37. The van der Waals surface area contributed by atoms with Gasteiger partial charge >= 0.3 is 0 Å². The average molecular weight is 304 g/mol. The predicted octanol–water partition coefficient (Wildman–Crippen LogP) is 5.45. The third-order valence-corrected chi connectivity index (χ3v) is 4.22. The van der Waals surface area contributed by atoms with E-state index >= 15 is 0 Å². The van der Waals surface area contributed by atoms with Crippen LogP contribution in [0.15, 0.2) is 54.6 Å². The van der Waals surface area contributed by atoms with E-state index in [1.165, 1.54) is 5.56 Å². The quantitative estimate of drug-likeness (QED) is 0.599. The van der Waals surface area contributed by atoms with Crippen molar-refractivity contribution in [3.05, 3.63) is 65.7 Å². The van der Waals surface area contributed by atoms with Gasteiger partial charge in [0.2, 0.25) is 0 Å². The van der Waals surface area contributed by atoms with E-state index in [0.29, 0.717) is 5.92 Å². The fourth-order valence-electron chi connectivity index (χ4n) is 3.07. The van der Waals surface area contributed by atoms with E-state index < -0.39 is 0 Å². The van der Waals surface area contributed by atoms with Crippen LogP contribution >= 0.6 is 0 Å². The van der Waals surface area contributed by atoms with E-state index in [1.807, 2.05) is 36.4 Å². The maximum Gasteiger partial charge on any atom is 0.151 e. The lowest BCUT2D eigenvalue weighted by Gasteiger charge is -2.18. The smallest absolute Gasteiger partial charge is 0.151 e. The van der Waals surface area contributed by atoms with Gasteiger partial charge in [0.05, 0.1) is 7.11 Å². The van der Waals surface area contributed by atoms with Crippen molar-refractivity contribution in [2.75, 3.05) is 7.11 Å². The van der Waals surface area contributed by atoms with Crippen molar-refractivity contribution in [1.82, 2.24) is 0 Å². The van der Waals surface area contributed by atoms with Gasteiger partial charge in [-0.05, 0) is 51.6 Å². The first-order valence-corrected chi connectivity index (χ1v) is 7.81. The Kier molecular flexibility index (Phi) is 4.16. The highest BCUT2D eigenvalue weighted by atomic mass is 16.5. The zero-order valence-electron chi connectivity index (χ0n) is 13.7. The van der Waals surface area contributed by atoms with Gasteiger partial charge in [-0.3, -0.25) is 4.79 Å². The molecule has 3 rings (SSSR count). The largest absolute Gasteiger partial charge is 0.497 e. The van der Waals surface area contributed by atoms with Crippen LogP contribution in [0.1, 0.15) is 35.7 Å². The van der Waals surface area contributed by atoms with Crippen molar-refractivity contribution in [1.29, 1.82) is 0 Å². The molecule has 0 radical (unpaired) electrons. The normalized spacial score (nSPS) is 11.0. The first kappa shape index (κ1) is 15.3. The van der Waals surface area contributed by atoms with Gasteiger partial charge in [0.1, 0.15) is 5.75 Å². The molecule has 3 aromatic carbocycles. The molecule has 0 aliphatic carbocycles. The summed E-state index contributed by atoms with van der Waals surface area (Å²) in [7, 11) is 1.66. The highest BCUT2D eigenvalue weighted by molar-refractivity contribution is 6.06. The Morgan fingerprint density at radius 1 is 1.00 bits per heavy atom. The summed E-state index contributed by atoms with van der Waals surface area (Å²) in [5, 5.41) is 2.00.